The molecule has 0 amide bonds. The van der Waals surface area contributed by atoms with Gasteiger partial charge in [0.2, 0.25) is 0 Å². The van der Waals surface area contributed by atoms with Gasteiger partial charge in [0.05, 0.1) is 6.61 Å². The number of pyridine rings is 1. The molecule has 0 N–H and O–H groups in total. The highest BCUT2D eigenvalue weighted by atomic mass is 35.5. The van der Waals surface area contributed by atoms with Crippen molar-refractivity contribution in [2.24, 2.45) is 0 Å². The van der Waals surface area contributed by atoms with Crippen LogP contribution < -0.4 is 0 Å². The van der Waals surface area contributed by atoms with Crippen LogP contribution in [0.1, 0.15) is 19.4 Å². The quantitative estimate of drug-likeness (QED) is 0.717. The Bertz CT molecular complexity index is 300. The summed E-state index contributed by atoms with van der Waals surface area (Å²) in [7, 11) is 1.72. The number of hydrogen-bond acceptors (Lipinski definition) is 3. The van der Waals surface area contributed by atoms with Crippen molar-refractivity contribution in [3.05, 3.63) is 29.0 Å². The average molecular weight is 243 g/mol. The summed E-state index contributed by atoms with van der Waals surface area (Å²) in [4.78, 5) is 6.42. The van der Waals surface area contributed by atoms with Gasteiger partial charge in [-0.25, -0.2) is 4.98 Å². The van der Waals surface area contributed by atoms with Crippen LogP contribution in [0.15, 0.2) is 18.3 Å². The molecule has 1 rings (SSSR count). The van der Waals surface area contributed by atoms with E-state index in [1.54, 1.807) is 7.11 Å². The molecule has 1 heterocycles. The molecule has 1 aromatic heterocycles. The van der Waals surface area contributed by atoms with Gasteiger partial charge >= 0.3 is 0 Å². The fourth-order valence-electron chi connectivity index (χ4n) is 1.46. The van der Waals surface area contributed by atoms with E-state index in [2.05, 4.69) is 23.7 Å². The molecule has 16 heavy (non-hydrogen) atoms. The topological polar surface area (TPSA) is 25.4 Å². The van der Waals surface area contributed by atoms with E-state index in [4.69, 9.17) is 16.3 Å². The Morgan fingerprint density at radius 2 is 2.19 bits per heavy atom. The second-order valence-corrected chi connectivity index (χ2v) is 4.43. The van der Waals surface area contributed by atoms with E-state index in [0.717, 1.165) is 19.7 Å². The number of ether oxygens (including phenoxy) is 1. The summed E-state index contributed by atoms with van der Waals surface area (Å²) < 4.78 is 5.10. The van der Waals surface area contributed by atoms with Crippen molar-refractivity contribution in [1.82, 2.24) is 9.88 Å². The molecule has 0 saturated carbocycles. The summed E-state index contributed by atoms with van der Waals surface area (Å²) in [5, 5.41) is 0.539. The van der Waals surface area contributed by atoms with Gasteiger partial charge in [0.25, 0.3) is 0 Å². The standard InChI is InChI=1S/C12H19ClN2O/c1-10(2)15(6-7-16-3)9-11-4-5-12(13)14-8-11/h4-5,8,10H,6-7,9H2,1-3H3. The van der Waals surface area contributed by atoms with Crippen LogP contribution in [-0.4, -0.2) is 36.2 Å². The third-order valence-corrected chi connectivity index (χ3v) is 2.71. The fourth-order valence-corrected chi connectivity index (χ4v) is 1.57. The molecule has 0 unspecified atom stereocenters. The van der Waals surface area contributed by atoms with E-state index < -0.39 is 0 Å². The average Bonchev–Trinajstić information content (AvgIpc) is 2.26. The summed E-state index contributed by atoms with van der Waals surface area (Å²) in [5.74, 6) is 0. The van der Waals surface area contributed by atoms with Crippen LogP contribution in [0, 0.1) is 0 Å². The number of rotatable bonds is 6. The number of nitrogens with zero attached hydrogens (tertiary/aromatic N) is 2. The molecule has 0 aliphatic carbocycles. The van der Waals surface area contributed by atoms with Crippen LogP contribution >= 0.6 is 11.6 Å². The number of aromatic nitrogens is 1. The lowest BCUT2D eigenvalue weighted by atomic mass is 10.2. The molecule has 0 aliphatic rings. The zero-order valence-corrected chi connectivity index (χ0v) is 10.9. The van der Waals surface area contributed by atoms with E-state index in [9.17, 15) is 0 Å². The van der Waals surface area contributed by atoms with Gasteiger partial charge in [0.1, 0.15) is 5.15 Å². The van der Waals surface area contributed by atoms with Crippen LogP contribution in [0.4, 0.5) is 0 Å². The largest absolute Gasteiger partial charge is 0.383 e. The van der Waals surface area contributed by atoms with Crippen LogP contribution in [0.5, 0.6) is 0 Å². The van der Waals surface area contributed by atoms with Crippen molar-refractivity contribution in [2.75, 3.05) is 20.3 Å². The molecule has 4 heteroatoms. The predicted octanol–water partition coefficient (Wildman–Crippen LogP) is 2.59. The van der Waals surface area contributed by atoms with Gasteiger partial charge in [0.15, 0.2) is 0 Å². The SMILES string of the molecule is COCCN(Cc1ccc(Cl)nc1)C(C)C. The summed E-state index contributed by atoms with van der Waals surface area (Å²) in [6, 6.07) is 4.33. The molecular formula is C12H19ClN2O. The summed E-state index contributed by atoms with van der Waals surface area (Å²) in [6.45, 7) is 6.92. The Morgan fingerprint density at radius 3 is 2.69 bits per heavy atom. The van der Waals surface area contributed by atoms with Gasteiger partial charge in [-0.15, -0.1) is 0 Å². The number of methoxy groups -OCH3 is 1. The van der Waals surface area contributed by atoms with Gasteiger partial charge in [-0.1, -0.05) is 17.7 Å². The first-order valence-electron chi connectivity index (χ1n) is 5.47. The van der Waals surface area contributed by atoms with Crippen LogP contribution in [0.25, 0.3) is 0 Å². The predicted molar refractivity (Wildman–Crippen MR) is 66.7 cm³/mol. The van der Waals surface area contributed by atoms with Gasteiger partial charge in [-0.05, 0) is 25.5 Å². The highest BCUT2D eigenvalue weighted by molar-refractivity contribution is 6.29. The van der Waals surface area contributed by atoms with Crippen LogP contribution in [-0.2, 0) is 11.3 Å². The summed E-state index contributed by atoms with van der Waals surface area (Å²) in [5.41, 5.74) is 1.18. The maximum atomic E-state index is 5.75. The second-order valence-electron chi connectivity index (χ2n) is 4.05. The van der Waals surface area contributed by atoms with Gasteiger partial charge in [0, 0.05) is 32.4 Å². The Labute approximate surface area is 102 Å². The molecule has 0 fully saturated rings. The second kappa shape index (κ2) is 6.84. The first-order valence-corrected chi connectivity index (χ1v) is 5.84. The molecule has 1 aromatic rings. The Kier molecular flexibility index (Phi) is 5.74. The van der Waals surface area contributed by atoms with Crippen molar-refractivity contribution in [1.29, 1.82) is 0 Å². The minimum absolute atomic E-state index is 0.492. The maximum Gasteiger partial charge on any atom is 0.129 e. The minimum Gasteiger partial charge on any atom is -0.383 e. The lowest BCUT2D eigenvalue weighted by Crippen LogP contribution is -2.33. The molecule has 0 aromatic carbocycles. The third-order valence-electron chi connectivity index (χ3n) is 2.49. The first kappa shape index (κ1) is 13.4. The van der Waals surface area contributed by atoms with Crippen molar-refractivity contribution in [3.8, 4) is 0 Å². The van der Waals surface area contributed by atoms with Crippen molar-refractivity contribution >= 4 is 11.6 Å². The van der Waals surface area contributed by atoms with Crippen molar-refractivity contribution in [2.45, 2.75) is 26.4 Å². The molecule has 90 valence electrons. The van der Waals surface area contributed by atoms with E-state index in [1.165, 1.54) is 5.56 Å². The summed E-state index contributed by atoms with van der Waals surface area (Å²) >= 11 is 5.75. The lowest BCUT2D eigenvalue weighted by molar-refractivity contribution is 0.125. The molecule has 3 nitrogen and oxygen atoms in total. The minimum atomic E-state index is 0.492. The molecule has 0 bridgehead atoms. The van der Waals surface area contributed by atoms with Crippen LogP contribution in [0.2, 0.25) is 5.15 Å². The number of hydrogen-bond donors (Lipinski definition) is 0. The fraction of sp³-hybridized carbons (Fsp3) is 0.583. The monoisotopic (exact) mass is 242 g/mol. The molecule has 0 radical (unpaired) electrons. The summed E-state index contributed by atoms with van der Waals surface area (Å²) in [6.07, 6.45) is 1.82. The van der Waals surface area contributed by atoms with Gasteiger partial charge < -0.3 is 4.74 Å². The Morgan fingerprint density at radius 1 is 1.44 bits per heavy atom. The zero-order chi connectivity index (χ0) is 12.0. The molecule has 0 saturated heterocycles. The van der Waals surface area contributed by atoms with E-state index in [0.29, 0.717) is 11.2 Å². The highest BCUT2D eigenvalue weighted by Crippen LogP contribution is 2.10. The third kappa shape index (κ3) is 4.47. The van der Waals surface area contributed by atoms with Crippen molar-refractivity contribution < 1.29 is 4.74 Å². The van der Waals surface area contributed by atoms with E-state index in [1.807, 2.05) is 18.3 Å². The first-order chi connectivity index (χ1) is 7.63. The Hall–Kier alpha value is -0.640. The molecule has 0 spiro atoms. The normalized spacial score (nSPS) is 11.4. The van der Waals surface area contributed by atoms with Gasteiger partial charge in [-0.2, -0.15) is 0 Å². The number of halogens is 1. The molecule has 0 atom stereocenters. The van der Waals surface area contributed by atoms with E-state index in [-0.39, 0.29) is 0 Å². The zero-order valence-electron chi connectivity index (χ0n) is 10.1. The smallest absolute Gasteiger partial charge is 0.129 e. The lowest BCUT2D eigenvalue weighted by Gasteiger charge is -2.25. The molecular weight excluding hydrogens is 224 g/mol. The maximum absolute atomic E-state index is 5.75. The van der Waals surface area contributed by atoms with Crippen molar-refractivity contribution in [3.63, 3.8) is 0 Å². The Balaban J connectivity index is 2.57. The molecule has 0 aliphatic heterocycles. The highest BCUT2D eigenvalue weighted by Gasteiger charge is 2.09. The van der Waals surface area contributed by atoms with Gasteiger partial charge in [-0.3, -0.25) is 4.90 Å². The van der Waals surface area contributed by atoms with Crippen LogP contribution in [0.3, 0.4) is 0 Å². The van der Waals surface area contributed by atoms with E-state index >= 15 is 0 Å².